The van der Waals surface area contributed by atoms with Crippen LogP contribution in [0.5, 0.6) is 5.75 Å². The normalized spacial score (nSPS) is 10.1. The average molecular weight is 241 g/mol. The lowest BCUT2D eigenvalue weighted by Gasteiger charge is -2.05. The molecule has 0 saturated heterocycles. The van der Waals surface area contributed by atoms with Crippen LogP contribution in [0.1, 0.15) is 15.9 Å². The largest absolute Gasteiger partial charge is 0.423 e. The molecule has 0 amide bonds. The van der Waals surface area contributed by atoms with Gasteiger partial charge in [-0.05, 0) is 36.9 Å². The summed E-state index contributed by atoms with van der Waals surface area (Å²) in [5, 5.41) is 3.06. The number of carbonyl (C=O) groups excluding carboxylic acids is 1. The van der Waals surface area contributed by atoms with Crippen LogP contribution in [-0.2, 0) is 6.54 Å². The van der Waals surface area contributed by atoms with Gasteiger partial charge >= 0.3 is 5.97 Å². The molecule has 0 atom stereocenters. The van der Waals surface area contributed by atoms with Crippen molar-refractivity contribution < 1.29 is 9.53 Å². The van der Waals surface area contributed by atoms with Crippen LogP contribution in [0.2, 0.25) is 0 Å². The third-order valence-corrected chi connectivity index (χ3v) is 2.52. The smallest absolute Gasteiger partial charge is 0.343 e. The maximum Gasteiger partial charge on any atom is 0.343 e. The molecule has 3 heteroatoms. The predicted octanol–water partition coefficient (Wildman–Crippen LogP) is 2.63. The second-order valence-electron chi connectivity index (χ2n) is 3.93. The Balaban J connectivity index is 2.03. The third-order valence-electron chi connectivity index (χ3n) is 2.52. The fourth-order valence-corrected chi connectivity index (χ4v) is 1.62. The zero-order valence-corrected chi connectivity index (χ0v) is 10.2. The van der Waals surface area contributed by atoms with E-state index in [1.165, 1.54) is 0 Å². The molecule has 2 aromatic rings. The van der Waals surface area contributed by atoms with Crippen molar-refractivity contribution in [3.8, 4) is 5.75 Å². The Hall–Kier alpha value is -2.13. The number of ether oxygens (including phenoxy) is 1. The quantitative estimate of drug-likeness (QED) is 0.660. The molecule has 0 radical (unpaired) electrons. The molecule has 0 aromatic heterocycles. The van der Waals surface area contributed by atoms with Gasteiger partial charge in [0.1, 0.15) is 5.75 Å². The van der Waals surface area contributed by atoms with Gasteiger partial charge < -0.3 is 10.1 Å². The van der Waals surface area contributed by atoms with E-state index in [1.807, 2.05) is 37.4 Å². The highest BCUT2D eigenvalue weighted by Crippen LogP contribution is 2.14. The van der Waals surface area contributed by atoms with Crippen LogP contribution in [-0.4, -0.2) is 13.0 Å². The van der Waals surface area contributed by atoms with Crippen LogP contribution in [0.25, 0.3) is 0 Å². The molecule has 0 aliphatic rings. The van der Waals surface area contributed by atoms with Crippen molar-refractivity contribution in [3.63, 3.8) is 0 Å². The molecule has 0 spiro atoms. The van der Waals surface area contributed by atoms with Crippen molar-refractivity contribution in [1.29, 1.82) is 0 Å². The van der Waals surface area contributed by atoms with Crippen molar-refractivity contribution in [2.45, 2.75) is 6.54 Å². The molecule has 0 aliphatic heterocycles. The van der Waals surface area contributed by atoms with Gasteiger partial charge in [-0.2, -0.15) is 0 Å². The highest BCUT2D eigenvalue weighted by atomic mass is 16.5. The summed E-state index contributed by atoms with van der Waals surface area (Å²) in [6.07, 6.45) is 0. The van der Waals surface area contributed by atoms with E-state index in [1.54, 1.807) is 24.3 Å². The molecule has 3 nitrogen and oxygen atoms in total. The summed E-state index contributed by atoms with van der Waals surface area (Å²) in [4.78, 5) is 11.8. The van der Waals surface area contributed by atoms with E-state index in [0.717, 1.165) is 12.1 Å². The van der Waals surface area contributed by atoms with Gasteiger partial charge in [0.05, 0.1) is 5.56 Å². The summed E-state index contributed by atoms with van der Waals surface area (Å²) in [5.74, 6) is 0.223. The summed E-state index contributed by atoms with van der Waals surface area (Å²) in [5.41, 5.74) is 1.70. The minimum atomic E-state index is -0.336. The molecule has 92 valence electrons. The predicted molar refractivity (Wildman–Crippen MR) is 70.6 cm³/mol. The van der Waals surface area contributed by atoms with Crippen molar-refractivity contribution in [2.75, 3.05) is 7.05 Å². The van der Waals surface area contributed by atoms with E-state index in [4.69, 9.17) is 4.74 Å². The first-order chi connectivity index (χ1) is 8.79. The number of benzene rings is 2. The van der Waals surface area contributed by atoms with Gasteiger partial charge in [0, 0.05) is 6.54 Å². The van der Waals surface area contributed by atoms with Gasteiger partial charge in [0.2, 0.25) is 0 Å². The summed E-state index contributed by atoms with van der Waals surface area (Å²) in [6.45, 7) is 0.799. The first-order valence-corrected chi connectivity index (χ1v) is 5.80. The molecular weight excluding hydrogens is 226 g/mol. The monoisotopic (exact) mass is 241 g/mol. The molecule has 2 aromatic carbocycles. The van der Waals surface area contributed by atoms with Gasteiger partial charge in [-0.15, -0.1) is 0 Å². The van der Waals surface area contributed by atoms with Crippen LogP contribution in [0, 0.1) is 0 Å². The third kappa shape index (κ3) is 3.18. The molecule has 0 fully saturated rings. The Morgan fingerprint density at radius 1 is 1.06 bits per heavy atom. The Morgan fingerprint density at radius 3 is 2.33 bits per heavy atom. The number of carbonyl (C=O) groups is 1. The topological polar surface area (TPSA) is 38.3 Å². The van der Waals surface area contributed by atoms with Crippen molar-refractivity contribution >= 4 is 5.97 Å². The minimum Gasteiger partial charge on any atom is -0.423 e. The fraction of sp³-hybridized carbons (Fsp3) is 0.133. The summed E-state index contributed by atoms with van der Waals surface area (Å²) >= 11 is 0. The maximum absolute atomic E-state index is 11.8. The van der Waals surface area contributed by atoms with Crippen molar-refractivity contribution in [3.05, 3.63) is 65.7 Å². The summed E-state index contributed by atoms with van der Waals surface area (Å²) in [6, 6.07) is 16.4. The maximum atomic E-state index is 11.8. The highest BCUT2D eigenvalue weighted by molar-refractivity contribution is 5.90. The summed E-state index contributed by atoms with van der Waals surface area (Å²) < 4.78 is 5.27. The average Bonchev–Trinajstić information content (AvgIpc) is 2.42. The fourth-order valence-electron chi connectivity index (χ4n) is 1.62. The molecule has 2 rings (SSSR count). The second kappa shape index (κ2) is 5.98. The SMILES string of the molecule is CNCc1ccc(OC(=O)c2ccccc2)cc1. The molecular formula is C15H15NO2. The molecule has 1 N–H and O–H groups in total. The Bertz CT molecular complexity index is 506. The molecule has 0 aliphatic carbocycles. The number of nitrogens with one attached hydrogen (secondary N) is 1. The van der Waals surface area contributed by atoms with E-state index in [-0.39, 0.29) is 5.97 Å². The van der Waals surface area contributed by atoms with Crippen LogP contribution < -0.4 is 10.1 Å². The van der Waals surface area contributed by atoms with E-state index in [9.17, 15) is 4.79 Å². The van der Waals surface area contributed by atoms with Gasteiger partial charge in [0.15, 0.2) is 0 Å². The first kappa shape index (κ1) is 12.3. The first-order valence-electron chi connectivity index (χ1n) is 5.80. The van der Waals surface area contributed by atoms with Gasteiger partial charge in [-0.1, -0.05) is 30.3 Å². The number of hydrogen-bond acceptors (Lipinski definition) is 3. The van der Waals surface area contributed by atoms with E-state index >= 15 is 0 Å². The number of rotatable bonds is 4. The van der Waals surface area contributed by atoms with Crippen molar-refractivity contribution in [2.24, 2.45) is 0 Å². The lowest BCUT2D eigenvalue weighted by atomic mass is 10.2. The Morgan fingerprint density at radius 2 is 1.72 bits per heavy atom. The highest BCUT2D eigenvalue weighted by Gasteiger charge is 2.07. The van der Waals surface area contributed by atoms with E-state index in [0.29, 0.717) is 11.3 Å². The summed E-state index contributed by atoms with van der Waals surface area (Å²) in [7, 11) is 1.89. The van der Waals surface area contributed by atoms with Crippen molar-refractivity contribution in [1.82, 2.24) is 5.32 Å². The molecule has 0 bridgehead atoms. The minimum absolute atomic E-state index is 0.336. The number of hydrogen-bond donors (Lipinski definition) is 1. The molecule has 0 saturated carbocycles. The van der Waals surface area contributed by atoms with Gasteiger partial charge in [-0.3, -0.25) is 0 Å². The second-order valence-corrected chi connectivity index (χ2v) is 3.93. The van der Waals surface area contributed by atoms with Crippen LogP contribution in [0.4, 0.5) is 0 Å². The van der Waals surface area contributed by atoms with Crippen LogP contribution in [0.15, 0.2) is 54.6 Å². The lowest BCUT2D eigenvalue weighted by Crippen LogP contribution is -2.08. The van der Waals surface area contributed by atoms with Crippen LogP contribution in [0.3, 0.4) is 0 Å². The standard InChI is InChI=1S/C15H15NO2/c1-16-11-12-7-9-14(10-8-12)18-15(17)13-5-3-2-4-6-13/h2-10,16H,11H2,1H3. The molecule has 0 unspecified atom stereocenters. The van der Waals surface area contributed by atoms with Gasteiger partial charge in [0.25, 0.3) is 0 Å². The zero-order valence-electron chi connectivity index (χ0n) is 10.2. The molecule has 18 heavy (non-hydrogen) atoms. The van der Waals surface area contributed by atoms with Gasteiger partial charge in [-0.25, -0.2) is 4.79 Å². The number of esters is 1. The Kier molecular flexibility index (Phi) is 4.10. The van der Waals surface area contributed by atoms with E-state index < -0.39 is 0 Å². The molecule has 0 heterocycles. The zero-order chi connectivity index (χ0) is 12.8. The van der Waals surface area contributed by atoms with E-state index in [2.05, 4.69) is 5.32 Å². The Labute approximate surface area is 106 Å². The lowest BCUT2D eigenvalue weighted by molar-refractivity contribution is 0.0734. The van der Waals surface area contributed by atoms with Crippen LogP contribution >= 0.6 is 0 Å².